The molecule has 0 fully saturated rings. The molecule has 120 valence electrons. The third-order valence-corrected chi connectivity index (χ3v) is 3.54. The number of carbonyl (C=O) groups is 1. The zero-order valence-electron chi connectivity index (χ0n) is 13.4. The van der Waals surface area contributed by atoms with Crippen LogP contribution in [0, 0.1) is 17.2 Å². The fourth-order valence-electron chi connectivity index (χ4n) is 2.05. The summed E-state index contributed by atoms with van der Waals surface area (Å²) in [5.74, 6) is 0.922. The van der Waals surface area contributed by atoms with Crippen molar-refractivity contribution in [3.05, 3.63) is 28.8 Å². The Labute approximate surface area is 137 Å². The summed E-state index contributed by atoms with van der Waals surface area (Å²) in [6, 6.07) is 6.84. The van der Waals surface area contributed by atoms with Gasteiger partial charge >= 0.3 is 0 Å². The maximum atomic E-state index is 11.8. The minimum absolute atomic E-state index is 0.0832. The number of rotatable bonds is 8. The van der Waals surface area contributed by atoms with Crippen molar-refractivity contribution in [2.24, 2.45) is 5.92 Å². The molecule has 0 aliphatic heterocycles. The zero-order valence-corrected chi connectivity index (χ0v) is 14.1. The van der Waals surface area contributed by atoms with Gasteiger partial charge in [-0.2, -0.15) is 5.26 Å². The molecule has 0 aromatic heterocycles. The molecule has 0 aliphatic carbocycles. The van der Waals surface area contributed by atoms with E-state index in [1.165, 1.54) is 6.07 Å². The highest BCUT2D eigenvalue weighted by atomic mass is 35.5. The summed E-state index contributed by atoms with van der Waals surface area (Å²) in [6.07, 6.45) is 3.22. The van der Waals surface area contributed by atoms with E-state index in [0.717, 1.165) is 19.3 Å². The van der Waals surface area contributed by atoms with E-state index in [1.54, 1.807) is 12.1 Å². The molecular weight excluding hydrogens is 300 g/mol. The second-order valence-electron chi connectivity index (χ2n) is 5.84. The van der Waals surface area contributed by atoms with E-state index >= 15 is 0 Å². The van der Waals surface area contributed by atoms with Gasteiger partial charge in [0.05, 0.1) is 16.7 Å². The fourth-order valence-corrected chi connectivity index (χ4v) is 2.29. The Kier molecular flexibility index (Phi) is 7.76. The van der Waals surface area contributed by atoms with E-state index in [0.29, 0.717) is 22.3 Å². The fraction of sp³-hybridized carbons (Fsp3) is 0.529. The van der Waals surface area contributed by atoms with Crippen molar-refractivity contribution in [1.82, 2.24) is 5.32 Å². The molecule has 0 aliphatic rings. The van der Waals surface area contributed by atoms with Crippen LogP contribution in [0.2, 0.25) is 5.02 Å². The first-order valence-electron chi connectivity index (χ1n) is 7.54. The molecule has 4 nitrogen and oxygen atoms in total. The lowest BCUT2D eigenvalue weighted by Crippen LogP contribution is -2.36. The van der Waals surface area contributed by atoms with Crippen molar-refractivity contribution in [1.29, 1.82) is 5.26 Å². The van der Waals surface area contributed by atoms with Gasteiger partial charge in [0, 0.05) is 6.04 Å². The minimum Gasteiger partial charge on any atom is -0.482 e. The SMILES string of the molecule is CC(C)CCC[C@@H](C)NC(=O)COc1ccc(C#N)cc1Cl. The molecule has 5 heteroatoms. The van der Waals surface area contributed by atoms with Crippen molar-refractivity contribution in [3.8, 4) is 11.8 Å². The standard InChI is InChI=1S/C17H23ClN2O2/c1-12(2)5-4-6-13(3)20-17(21)11-22-16-8-7-14(10-19)9-15(16)18/h7-9,12-13H,4-6,11H2,1-3H3,(H,20,21)/t13-/m1/s1. The van der Waals surface area contributed by atoms with Crippen molar-refractivity contribution < 1.29 is 9.53 Å². The first-order chi connectivity index (χ1) is 10.4. The molecule has 0 radical (unpaired) electrons. The van der Waals surface area contributed by atoms with Crippen molar-refractivity contribution >= 4 is 17.5 Å². The first kappa shape index (κ1) is 18.3. The number of nitrogens with zero attached hydrogens (tertiary/aromatic N) is 1. The van der Waals surface area contributed by atoms with Crippen LogP contribution in [0.15, 0.2) is 18.2 Å². The highest BCUT2D eigenvalue weighted by Gasteiger charge is 2.10. The van der Waals surface area contributed by atoms with Crippen LogP contribution in [-0.2, 0) is 4.79 Å². The highest BCUT2D eigenvalue weighted by molar-refractivity contribution is 6.32. The number of hydrogen-bond donors (Lipinski definition) is 1. The van der Waals surface area contributed by atoms with Gasteiger partial charge in [-0.15, -0.1) is 0 Å². The molecule has 1 aromatic rings. The molecule has 0 saturated heterocycles. The van der Waals surface area contributed by atoms with Gasteiger partial charge in [-0.1, -0.05) is 38.3 Å². The maximum absolute atomic E-state index is 11.8. The summed E-state index contributed by atoms with van der Waals surface area (Å²) in [6.45, 7) is 6.30. The van der Waals surface area contributed by atoms with Crippen molar-refractivity contribution in [2.75, 3.05) is 6.61 Å². The number of benzene rings is 1. The number of halogens is 1. The average molecular weight is 323 g/mol. The third-order valence-electron chi connectivity index (χ3n) is 3.25. The number of hydrogen-bond acceptors (Lipinski definition) is 3. The average Bonchev–Trinajstić information content (AvgIpc) is 2.45. The number of nitriles is 1. The molecule has 22 heavy (non-hydrogen) atoms. The van der Waals surface area contributed by atoms with E-state index in [-0.39, 0.29) is 18.6 Å². The molecule has 0 heterocycles. The van der Waals surface area contributed by atoms with Crippen LogP contribution in [0.5, 0.6) is 5.75 Å². The van der Waals surface area contributed by atoms with E-state index in [1.807, 2.05) is 13.0 Å². The Balaban J connectivity index is 2.35. The van der Waals surface area contributed by atoms with Gasteiger partial charge in [0.2, 0.25) is 0 Å². The zero-order chi connectivity index (χ0) is 16.5. The Morgan fingerprint density at radius 2 is 2.09 bits per heavy atom. The number of nitrogens with one attached hydrogen (secondary N) is 1. The lowest BCUT2D eigenvalue weighted by atomic mass is 10.0. The van der Waals surface area contributed by atoms with Crippen LogP contribution >= 0.6 is 11.6 Å². The molecule has 0 spiro atoms. The first-order valence-corrected chi connectivity index (χ1v) is 7.92. The summed E-state index contributed by atoms with van der Waals surface area (Å²) in [5, 5.41) is 12.0. The summed E-state index contributed by atoms with van der Waals surface area (Å²) in [5.41, 5.74) is 0.459. The lowest BCUT2D eigenvalue weighted by Gasteiger charge is -2.15. The van der Waals surface area contributed by atoms with Crippen LogP contribution < -0.4 is 10.1 Å². The summed E-state index contributed by atoms with van der Waals surface area (Å²) < 4.78 is 5.39. The van der Waals surface area contributed by atoms with Crippen LogP contribution in [0.3, 0.4) is 0 Å². The largest absolute Gasteiger partial charge is 0.482 e. The minimum atomic E-state index is -0.169. The topological polar surface area (TPSA) is 62.1 Å². The summed E-state index contributed by atoms with van der Waals surface area (Å²) in [7, 11) is 0. The molecule has 1 amide bonds. The van der Waals surface area contributed by atoms with Crippen molar-refractivity contribution in [2.45, 2.75) is 46.1 Å². The summed E-state index contributed by atoms with van der Waals surface area (Å²) in [4.78, 5) is 11.8. The number of amides is 1. The number of carbonyl (C=O) groups excluding carboxylic acids is 1. The Morgan fingerprint density at radius 1 is 1.36 bits per heavy atom. The normalized spacial score (nSPS) is 11.8. The van der Waals surface area contributed by atoms with Gasteiger partial charge in [-0.05, 0) is 37.5 Å². The second kappa shape index (κ2) is 9.32. The number of ether oxygens (including phenoxy) is 1. The van der Waals surface area contributed by atoms with E-state index in [4.69, 9.17) is 21.6 Å². The molecule has 1 aromatic carbocycles. The Morgan fingerprint density at radius 3 is 2.68 bits per heavy atom. The molecule has 1 atom stereocenters. The molecule has 0 bridgehead atoms. The predicted octanol–water partition coefficient (Wildman–Crippen LogP) is 3.92. The molecule has 1 rings (SSSR count). The van der Waals surface area contributed by atoms with Gasteiger partial charge in [0.15, 0.2) is 6.61 Å². The van der Waals surface area contributed by atoms with Crippen LogP contribution in [0.1, 0.15) is 45.6 Å². The van der Waals surface area contributed by atoms with Crippen LogP contribution in [0.4, 0.5) is 0 Å². The van der Waals surface area contributed by atoms with Gasteiger partial charge in [-0.25, -0.2) is 0 Å². The van der Waals surface area contributed by atoms with Gasteiger partial charge in [-0.3, -0.25) is 4.79 Å². The lowest BCUT2D eigenvalue weighted by molar-refractivity contribution is -0.123. The Hall–Kier alpha value is -1.73. The smallest absolute Gasteiger partial charge is 0.258 e. The van der Waals surface area contributed by atoms with E-state index in [9.17, 15) is 4.79 Å². The third kappa shape index (κ3) is 6.82. The molecule has 0 unspecified atom stereocenters. The van der Waals surface area contributed by atoms with Gasteiger partial charge in [0.25, 0.3) is 5.91 Å². The molecule has 0 saturated carbocycles. The Bertz CT molecular complexity index is 538. The van der Waals surface area contributed by atoms with Crippen LogP contribution in [0.25, 0.3) is 0 Å². The van der Waals surface area contributed by atoms with Gasteiger partial charge in [0.1, 0.15) is 5.75 Å². The second-order valence-corrected chi connectivity index (χ2v) is 6.25. The van der Waals surface area contributed by atoms with Crippen LogP contribution in [-0.4, -0.2) is 18.6 Å². The van der Waals surface area contributed by atoms with Crippen molar-refractivity contribution in [3.63, 3.8) is 0 Å². The predicted molar refractivity (Wildman–Crippen MR) is 88.0 cm³/mol. The summed E-state index contributed by atoms with van der Waals surface area (Å²) >= 11 is 5.99. The van der Waals surface area contributed by atoms with E-state index < -0.39 is 0 Å². The molecule has 1 N–H and O–H groups in total. The van der Waals surface area contributed by atoms with E-state index in [2.05, 4.69) is 19.2 Å². The molecular formula is C17H23ClN2O2. The monoisotopic (exact) mass is 322 g/mol. The maximum Gasteiger partial charge on any atom is 0.258 e. The highest BCUT2D eigenvalue weighted by Crippen LogP contribution is 2.25. The van der Waals surface area contributed by atoms with Gasteiger partial charge < -0.3 is 10.1 Å². The quantitative estimate of drug-likeness (QED) is 0.789.